The quantitative estimate of drug-likeness (QED) is 0.722. The molecule has 2 fully saturated rings. The predicted octanol–water partition coefficient (Wildman–Crippen LogP) is 0.703. The number of likely N-dealkylation sites (tertiary alicyclic amines) is 1. The third-order valence-corrected chi connectivity index (χ3v) is 3.67. The van der Waals surface area contributed by atoms with Gasteiger partial charge in [-0.25, -0.2) is 0 Å². The summed E-state index contributed by atoms with van der Waals surface area (Å²) in [4.78, 5) is 2.41. The second kappa shape index (κ2) is 4.17. The van der Waals surface area contributed by atoms with E-state index in [4.69, 9.17) is 4.74 Å². The van der Waals surface area contributed by atoms with Crippen molar-refractivity contribution in [1.29, 1.82) is 0 Å². The van der Waals surface area contributed by atoms with Crippen LogP contribution in [0.2, 0.25) is 0 Å². The molecule has 2 aliphatic rings. The molecule has 0 spiro atoms. The minimum atomic E-state index is 0.516. The Hall–Kier alpha value is -0.120. The van der Waals surface area contributed by atoms with Crippen molar-refractivity contribution in [3.05, 3.63) is 0 Å². The van der Waals surface area contributed by atoms with Crippen LogP contribution in [0.3, 0.4) is 0 Å². The van der Waals surface area contributed by atoms with Crippen molar-refractivity contribution in [3.8, 4) is 0 Å². The Morgan fingerprint density at radius 3 is 2.50 bits per heavy atom. The molecule has 2 rings (SSSR count). The van der Waals surface area contributed by atoms with E-state index >= 15 is 0 Å². The first-order valence-corrected chi connectivity index (χ1v) is 5.66. The van der Waals surface area contributed by atoms with Crippen molar-refractivity contribution < 1.29 is 4.74 Å². The van der Waals surface area contributed by atoms with E-state index in [1.54, 1.807) is 0 Å². The van der Waals surface area contributed by atoms with Gasteiger partial charge in [0.15, 0.2) is 0 Å². The topological polar surface area (TPSA) is 24.5 Å². The third-order valence-electron chi connectivity index (χ3n) is 3.67. The van der Waals surface area contributed by atoms with Crippen LogP contribution in [0.15, 0.2) is 0 Å². The van der Waals surface area contributed by atoms with Crippen molar-refractivity contribution in [2.75, 3.05) is 27.2 Å². The summed E-state index contributed by atoms with van der Waals surface area (Å²) in [5.41, 5.74) is 0. The number of hydrogen-bond donors (Lipinski definition) is 1. The molecular weight excluding hydrogens is 176 g/mol. The second-order valence-electron chi connectivity index (χ2n) is 5.00. The van der Waals surface area contributed by atoms with Gasteiger partial charge in [0.25, 0.3) is 0 Å². The Balaban J connectivity index is 1.71. The number of nitrogens with one attached hydrogen (secondary N) is 1. The van der Waals surface area contributed by atoms with Crippen molar-refractivity contribution >= 4 is 0 Å². The van der Waals surface area contributed by atoms with Crippen LogP contribution in [0.4, 0.5) is 0 Å². The van der Waals surface area contributed by atoms with E-state index in [0.29, 0.717) is 18.2 Å². The van der Waals surface area contributed by atoms with E-state index in [1.165, 1.54) is 25.9 Å². The Labute approximate surface area is 86.8 Å². The fourth-order valence-electron chi connectivity index (χ4n) is 2.62. The molecule has 0 amide bonds. The average molecular weight is 198 g/mol. The molecule has 1 saturated carbocycles. The van der Waals surface area contributed by atoms with Crippen molar-refractivity contribution in [3.63, 3.8) is 0 Å². The molecule has 1 aliphatic heterocycles. The van der Waals surface area contributed by atoms with E-state index in [0.717, 1.165) is 5.92 Å². The number of rotatable bonds is 3. The fourth-order valence-corrected chi connectivity index (χ4v) is 2.62. The molecule has 1 saturated heterocycles. The lowest BCUT2D eigenvalue weighted by Gasteiger charge is -2.37. The number of likely N-dealkylation sites (N-methyl/N-ethyl adjacent to an activating group) is 1. The minimum Gasteiger partial charge on any atom is -0.381 e. The molecule has 0 radical (unpaired) electrons. The first kappa shape index (κ1) is 10.4. The molecule has 3 heteroatoms. The van der Waals surface area contributed by atoms with E-state index in [2.05, 4.69) is 24.2 Å². The smallest absolute Gasteiger partial charge is 0.0601 e. The molecule has 2 unspecified atom stereocenters. The van der Waals surface area contributed by atoms with Crippen LogP contribution in [0.5, 0.6) is 0 Å². The molecule has 3 nitrogen and oxygen atoms in total. The van der Waals surface area contributed by atoms with E-state index in [-0.39, 0.29) is 0 Å². The zero-order valence-electron chi connectivity index (χ0n) is 9.49. The summed E-state index contributed by atoms with van der Waals surface area (Å²) in [6.07, 6.45) is 2.91. The van der Waals surface area contributed by atoms with Gasteiger partial charge < -0.3 is 15.0 Å². The summed E-state index contributed by atoms with van der Waals surface area (Å²) in [6, 6.07) is 1.40. The standard InChI is InChI=1S/C11H22N2O/c1-8-6-13(2)7-11(8)12-9-4-10(5-9)14-3/h8-12H,4-7H2,1-3H3. The third kappa shape index (κ3) is 2.10. The van der Waals surface area contributed by atoms with Crippen molar-refractivity contribution in [1.82, 2.24) is 10.2 Å². The van der Waals surface area contributed by atoms with Gasteiger partial charge in [-0.2, -0.15) is 0 Å². The zero-order chi connectivity index (χ0) is 10.1. The maximum Gasteiger partial charge on any atom is 0.0601 e. The van der Waals surface area contributed by atoms with E-state index in [9.17, 15) is 0 Å². The Morgan fingerprint density at radius 1 is 1.29 bits per heavy atom. The lowest BCUT2D eigenvalue weighted by Crippen LogP contribution is -2.51. The normalized spacial score (nSPS) is 43.9. The Morgan fingerprint density at radius 2 is 2.00 bits per heavy atom. The number of ether oxygens (including phenoxy) is 1. The molecule has 1 N–H and O–H groups in total. The second-order valence-corrected chi connectivity index (χ2v) is 5.00. The highest BCUT2D eigenvalue weighted by molar-refractivity contribution is 4.93. The van der Waals surface area contributed by atoms with Gasteiger partial charge >= 0.3 is 0 Å². The highest BCUT2D eigenvalue weighted by Crippen LogP contribution is 2.25. The first-order valence-electron chi connectivity index (χ1n) is 5.66. The molecule has 0 aromatic heterocycles. The van der Waals surface area contributed by atoms with Crippen LogP contribution in [-0.4, -0.2) is 50.3 Å². The number of hydrogen-bond acceptors (Lipinski definition) is 3. The summed E-state index contributed by atoms with van der Waals surface area (Å²) < 4.78 is 5.28. The van der Waals surface area contributed by atoms with Gasteiger partial charge in [0.2, 0.25) is 0 Å². The van der Waals surface area contributed by atoms with Gasteiger partial charge in [0.05, 0.1) is 6.10 Å². The van der Waals surface area contributed by atoms with Crippen LogP contribution in [0.25, 0.3) is 0 Å². The molecule has 82 valence electrons. The molecule has 1 heterocycles. The van der Waals surface area contributed by atoms with Gasteiger partial charge in [-0.3, -0.25) is 0 Å². The average Bonchev–Trinajstić information content (AvgIpc) is 2.37. The van der Waals surface area contributed by atoms with Crippen LogP contribution in [-0.2, 0) is 4.74 Å². The Bertz CT molecular complexity index is 192. The highest BCUT2D eigenvalue weighted by Gasteiger charge is 2.34. The molecule has 14 heavy (non-hydrogen) atoms. The minimum absolute atomic E-state index is 0.516. The summed E-state index contributed by atoms with van der Waals surface area (Å²) in [7, 11) is 4.02. The largest absolute Gasteiger partial charge is 0.381 e. The van der Waals surface area contributed by atoms with Gasteiger partial charge in [-0.1, -0.05) is 6.92 Å². The van der Waals surface area contributed by atoms with Gasteiger partial charge in [-0.05, 0) is 25.8 Å². The van der Waals surface area contributed by atoms with Crippen LogP contribution >= 0.6 is 0 Å². The summed E-state index contributed by atoms with van der Waals surface area (Å²) in [5, 5.41) is 3.74. The van der Waals surface area contributed by atoms with Crippen LogP contribution < -0.4 is 5.32 Å². The lowest BCUT2D eigenvalue weighted by atomic mass is 9.88. The van der Waals surface area contributed by atoms with Crippen LogP contribution in [0, 0.1) is 5.92 Å². The molecular formula is C11H22N2O. The maximum atomic E-state index is 5.28. The molecule has 2 atom stereocenters. The zero-order valence-corrected chi connectivity index (χ0v) is 9.49. The lowest BCUT2D eigenvalue weighted by molar-refractivity contribution is 0.0134. The number of methoxy groups -OCH3 is 1. The van der Waals surface area contributed by atoms with E-state index in [1.807, 2.05) is 7.11 Å². The molecule has 0 aromatic rings. The van der Waals surface area contributed by atoms with Crippen molar-refractivity contribution in [2.45, 2.75) is 38.0 Å². The predicted molar refractivity (Wildman–Crippen MR) is 57.4 cm³/mol. The summed E-state index contributed by atoms with van der Waals surface area (Å²) in [5.74, 6) is 0.793. The van der Waals surface area contributed by atoms with Gasteiger partial charge in [0, 0.05) is 32.3 Å². The van der Waals surface area contributed by atoms with Crippen molar-refractivity contribution in [2.24, 2.45) is 5.92 Å². The van der Waals surface area contributed by atoms with Gasteiger partial charge in [-0.15, -0.1) is 0 Å². The van der Waals surface area contributed by atoms with E-state index < -0.39 is 0 Å². The number of nitrogens with zero attached hydrogens (tertiary/aromatic N) is 1. The monoisotopic (exact) mass is 198 g/mol. The maximum absolute atomic E-state index is 5.28. The SMILES string of the molecule is COC1CC(NC2CN(C)CC2C)C1. The molecule has 0 aromatic carbocycles. The molecule has 1 aliphatic carbocycles. The Kier molecular flexibility index (Phi) is 3.10. The molecule has 0 bridgehead atoms. The van der Waals surface area contributed by atoms with Crippen LogP contribution in [0.1, 0.15) is 19.8 Å². The summed E-state index contributed by atoms with van der Waals surface area (Å²) in [6.45, 7) is 4.78. The fraction of sp³-hybridized carbons (Fsp3) is 1.00. The first-order chi connectivity index (χ1) is 6.69. The van der Waals surface area contributed by atoms with Gasteiger partial charge in [0.1, 0.15) is 0 Å². The summed E-state index contributed by atoms with van der Waals surface area (Å²) >= 11 is 0. The highest BCUT2D eigenvalue weighted by atomic mass is 16.5.